The second-order valence-corrected chi connectivity index (χ2v) is 8.87. The smallest absolute Gasteiger partial charge is 0.200 e. The molecule has 0 saturated heterocycles. The quantitative estimate of drug-likeness (QED) is 0.192. The van der Waals surface area contributed by atoms with Gasteiger partial charge in [0.2, 0.25) is 11.6 Å². The van der Waals surface area contributed by atoms with Crippen molar-refractivity contribution in [3.63, 3.8) is 0 Å². The maximum atomic E-state index is 14.7. The normalized spacial score (nSPS) is 11.6. The molecule has 0 aromatic heterocycles. The van der Waals surface area contributed by atoms with Crippen molar-refractivity contribution < 1.29 is 43.9 Å². The summed E-state index contributed by atoms with van der Waals surface area (Å²) in [5.74, 6) is -24.5. The number of halogens is 10. The van der Waals surface area contributed by atoms with Gasteiger partial charge < -0.3 is 0 Å². The first-order valence-corrected chi connectivity index (χ1v) is 10.1. The summed E-state index contributed by atoms with van der Waals surface area (Å²) in [5.41, 5.74) is 1.13. The van der Waals surface area contributed by atoms with Crippen molar-refractivity contribution in [1.82, 2.24) is 0 Å². The van der Waals surface area contributed by atoms with Gasteiger partial charge in [0.1, 0.15) is 0 Å². The number of benzene rings is 3. The lowest BCUT2D eigenvalue weighted by molar-refractivity contribution is 0.383. The second-order valence-electron chi connectivity index (χ2n) is 6.82. The second kappa shape index (κ2) is 8.39. The van der Waals surface area contributed by atoms with Crippen LogP contribution < -0.4 is 15.9 Å². The third-order valence-corrected chi connectivity index (χ3v) is 7.74. The molecule has 0 radical (unpaired) electrons. The van der Waals surface area contributed by atoms with Gasteiger partial charge in [0.25, 0.3) is 0 Å². The minimum atomic E-state index is -3.46. The Bertz CT molecular complexity index is 1140. The van der Waals surface area contributed by atoms with Crippen LogP contribution in [0.1, 0.15) is 16.7 Å². The highest BCUT2D eigenvalue weighted by atomic mass is 31.1. The largest absolute Gasteiger partial charge is 0.203 e. The van der Waals surface area contributed by atoms with Gasteiger partial charge in [-0.1, -0.05) is 12.1 Å². The Morgan fingerprint density at radius 3 is 1.09 bits per heavy atom. The van der Waals surface area contributed by atoms with Gasteiger partial charge >= 0.3 is 0 Å². The van der Waals surface area contributed by atoms with E-state index in [0.717, 1.165) is 6.07 Å². The molecule has 0 unspecified atom stereocenters. The Labute approximate surface area is 176 Å². The molecule has 0 fully saturated rings. The summed E-state index contributed by atoms with van der Waals surface area (Å²) in [4.78, 5) is 0. The monoisotopic (exact) mass is 484 g/mol. The van der Waals surface area contributed by atoms with Crippen LogP contribution in [0.25, 0.3) is 0 Å². The van der Waals surface area contributed by atoms with E-state index in [1.165, 1.54) is 19.9 Å². The van der Waals surface area contributed by atoms with Crippen molar-refractivity contribution in [3.05, 3.63) is 87.0 Å². The molecule has 0 bridgehead atoms. The molecule has 0 amide bonds. The molecule has 0 aliphatic rings. The maximum Gasteiger partial charge on any atom is 0.200 e. The molecule has 0 spiro atoms. The fourth-order valence-corrected chi connectivity index (χ4v) is 5.73. The van der Waals surface area contributed by atoms with Crippen molar-refractivity contribution in [1.29, 1.82) is 0 Å². The molecule has 3 aromatic rings. The first-order chi connectivity index (χ1) is 14.8. The van der Waals surface area contributed by atoms with Crippen molar-refractivity contribution in [2.24, 2.45) is 0 Å². The summed E-state index contributed by atoms with van der Waals surface area (Å²) in [6, 6.07) is 2.41. The van der Waals surface area contributed by atoms with Crippen LogP contribution in [0.15, 0.2) is 12.1 Å². The molecule has 170 valence electrons. The number of hydrogen-bond acceptors (Lipinski definition) is 0. The minimum Gasteiger partial charge on any atom is -0.203 e. The molecule has 0 N–H and O–H groups in total. The lowest BCUT2D eigenvalue weighted by Gasteiger charge is -2.25. The zero-order valence-corrected chi connectivity index (χ0v) is 17.3. The van der Waals surface area contributed by atoms with E-state index in [1.807, 2.05) is 0 Å². The van der Waals surface area contributed by atoms with E-state index in [1.54, 1.807) is 6.92 Å². The summed E-state index contributed by atoms with van der Waals surface area (Å²) in [7, 11) is -3.46. The molecule has 11 heteroatoms. The molecular weight excluding hydrogens is 473 g/mol. The average Bonchev–Trinajstić information content (AvgIpc) is 2.76. The van der Waals surface area contributed by atoms with E-state index in [9.17, 15) is 43.9 Å². The van der Waals surface area contributed by atoms with E-state index >= 15 is 0 Å². The summed E-state index contributed by atoms with van der Waals surface area (Å²) in [5, 5.41) is -3.73. The van der Waals surface area contributed by atoms with Crippen molar-refractivity contribution >= 4 is 23.8 Å². The van der Waals surface area contributed by atoms with Crippen LogP contribution in [0.3, 0.4) is 0 Å². The van der Waals surface area contributed by atoms with Crippen molar-refractivity contribution in [2.45, 2.75) is 20.8 Å². The minimum absolute atomic E-state index is 0.115. The van der Waals surface area contributed by atoms with Gasteiger partial charge in [0.05, 0.1) is 10.6 Å². The highest BCUT2D eigenvalue weighted by Crippen LogP contribution is 2.41. The zero-order chi connectivity index (χ0) is 24.2. The van der Waals surface area contributed by atoms with Gasteiger partial charge in [0, 0.05) is 0 Å². The summed E-state index contributed by atoms with van der Waals surface area (Å²) >= 11 is 0. The van der Waals surface area contributed by atoms with Crippen LogP contribution in [0.2, 0.25) is 0 Å². The predicted molar refractivity (Wildman–Crippen MR) is 98.9 cm³/mol. The molecule has 0 aliphatic carbocycles. The highest BCUT2D eigenvalue weighted by Gasteiger charge is 2.38. The van der Waals surface area contributed by atoms with Gasteiger partial charge in [-0.25, -0.2) is 43.9 Å². The summed E-state index contributed by atoms with van der Waals surface area (Å²) in [6.45, 7) is 4.43. The van der Waals surface area contributed by atoms with Gasteiger partial charge in [-0.3, -0.25) is 0 Å². The van der Waals surface area contributed by atoms with Gasteiger partial charge in [0.15, 0.2) is 46.5 Å². The molecule has 32 heavy (non-hydrogen) atoms. The molecule has 0 nitrogen and oxygen atoms in total. The third-order valence-electron chi connectivity index (χ3n) is 5.09. The molecular formula is C21H11F10P. The molecule has 0 saturated carbocycles. The van der Waals surface area contributed by atoms with Crippen LogP contribution in [-0.4, -0.2) is 0 Å². The van der Waals surface area contributed by atoms with E-state index in [-0.39, 0.29) is 10.9 Å². The van der Waals surface area contributed by atoms with Gasteiger partial charge in [-0.2, -0.15) is 0 Å². The standard InChI is InChI=1S/C21H11F10P/c1-6-4-5-9(8(3)7(6)2)32(20-16(28)12(24)10(22)13(25)17(20)29)21-18(30)14(26)11(23)15(27)19(21)31/h4-5H,1-3H3. The zero-order valence-electron chi connectivity index (χ0n) is 16.4. The summed E-state index contributed by atoms with van der Waals surface area (Å²) < 4.78 is 141. The Hall–Kier alpha value is -2.61. The van der Waals surface area contributed by atoms with Gasteiger partial charge in [-0.05, 0) is 50.7 Å². The van der Waals surface area contributed by atoms with Crippen molar-refractivity contribution in [3.8, 4) is 0 Å². The summed E-state index contributed by atoms with van der Waals surface area (Å²) in [6.07, 6.45) is 0. The Kier molecular flexibility index (Phi) is 6.30. The van der Waals surface area contributed by atoms with Crippen LogP contribution in [0.4, 0.5) is 43.9 Å². The topological polar surface area (TPSA) is 0 Å². The van der Waals surface area contributed by atoms with Crippen LogP contribution in [0.5, 0.6) is 0 Å². The molecule has 0 heterocycles. The first kappa shape index (κ1) is 24.0. The molecule has 3 aromatic carbocycles. The average molecular weight is 484 g/mol. The predicted octanol–water partition coefficient (Wildman–Crippen LogP) is 5.76. The van der Waals surface area contributed by atoms with E-state index < -0.39 is 76.7 Å². The Morgan fingerprint density at radius 2 is 0.750 bits per heavy atom. The Morgan fingerprint density at radius 1 is 0.438 bits per heavy atom. The third kappa shape index (κ3) is 3.45. The number of rotatable bonds is 3. The SMILES string of the molecule is Cc1ccc(P(c2c(F)c(F)c(F)c(F)c2F)c2c(F)c(F)c(F)c(F)c2F)c(C)c1C. The van der Waals surface area contributed by atoms with Crippen molar-refractivity contribution in [2.75, 3.05) is 0 Å². The van der Waals surface area contributed by atoms with E-state index in [0.29, 0.717) is 11.1 Å². The maximum absolute atomic E-state index is 14.7. The molecule has 0 aliphatic heterocycles. The molecule has 0 atom stereocenters. The highest BCUT2D eigenvalue weighted by molar-refractivity contribution is 7.80. The van der Waals surface area contributed by atoms with Gasteiger partial charge in [-0.15, -0.1) is 0 Å². The fourth-order valence-electron chi connectivity index (χ4n) is 3.12. The lowest BCUT2D eigenvalue weighted by atomic mass is 10.1. The molecule has 3 rings (SSSR count). The Balaban J connectivity index is 2.58. The van der Waals surface area contributed by atoms with E-state index in [4.69, 9.17) is 0 Å². The lowest BCUT2D eigenvalue weighted by Crippen LogP contribution is -2.34. The van der Waals surface area contributed by atoms with Crippen LogP contribution in [0, 0.1) is 78.9 Å². The van der Waals surface area contributed by atoms with Crippen LogP contribution >= 0.6 is 7.92 Å². The van der Waals surface area contributed by atoms with E-state index in [2.05, 4.69) is 0 Å². The fraction of sp³-hybridized carbons (Fsp3) is 0.143. The van der Waals surface area contributed by atoms with Crippen LogP contribution in [-0.2, 0) is 0 Å². The number of aryl methyl sites for hydroxylation is 1. The first-order valence-electron chi connectivity index (χ1n) is 8.72. The number of hydrogen-bond donors (Lipinski definition) is 0.